The molecule has 0 saturated heterocycles. The number of halogens is 2. The Morgan fingerprint density at radius 2 is 1.75 bits per heavy atom. The lowest BCUT2D eigenvalue weighted by Gasteiger charge is -2.12. The smallest absolute Gasteiger partial charge is 0.239 e. The van der Waals surface area contributed by atoms with Crippen LogP contribution in [0.2, 0.25) is 5.02 Å². The standard InChI is InChI=1S/C23H22ClFN2O3S2/c24-18-7-4-6-17(14-18)16-31-13-12-26-22(28)15-27-20-10-5-11-21(23(20)25)32(29,30)19-8-2-1-3-9-19/h1-11,14,27H,12-13,15-16H2,(H,26,28). The minimum absolute atomic E-state index is 0.00377. The number of sulfone groups is 1. The number of thioether (sulfide) groups is 1. The van der Waals surface area contributed by atoms with E-state index in [4.69, 9.17) is 11.6 Å². The van der Waals surface area contributed by atoms with Crippen molar-refractivity contribution in [3.63, 3.8) is 0 Å². The van der Waals surface area contributed by atoms with Crippen molar-refractivity contribution in [1.82, 2.24) is 5.32 Å². The van der Waals surface area contributed by atoms with Gasteiger partial charge in [-0.25, -0.2) is 12.8 Å². The fraction of sp³-hybridized carbons (Fsp3) is 0.174. The summed E-state index contributed by atoms with van der Waals surface area (Å²) < 4.78 is 40.3. The van der Waals surface area contributed by atoms with E-state index in [0.717, 1.165) is 11.3 Å². The third-order valence-electron chi connectivity index (χ3n) is 4.47. The minimum Gasteiger partial charge on any atom is -0.374 e. The number of hydrogen-bond donors (Lipinski definition) is 2. The van der Waals surface area contributed by atoms with Crippen molar-refractivity contribution < 1.29 is 17.6 Å². The molecule has 0 aromatic heterocycles. The number of nitrogens with one attached hydrogen (secondary N) is 2. The number of amides is 1. The maximum atomic E-state index is 14.9. The van der Waals surface area contributed by atoms with Crippen LogP contribution in [0, 0.1) is 5.82 Å². The van der Waals surface area contributed by atoms with Crippen LogP contribution in [0.1, 0.15) is 5.56 Å². The van der Waals surface area contributed by atoms with Crippen LogP contribution in [0.15, 0.2) is 82.6 Å². The van der Waals surface area contributed by atoms with Crippen LogP contribution >= 0.6 is 23.4 Å². The fourth-order valence-corrected chi connectivity index (χ4v) is 5.29. The molecular formula is C23H22ClFN2O3S2. The summed E-state index contributed by atoms with van der Waals surface area (Å²) in [5.74, 6) is 0.255. The highest BCUT2D eigenvalue weighted by Gasteiger charge is 2.23. The fourth-order valence-electron chi connectivity index (χ4n) is 2.90. The Balaban J connectivity index is 1.49. The van der Waals surface area contributed by atoms with Gasteiger partial charge >= 0.3 is 0 Å². The Morgan fingerprint density at radius 1 is 1.00 bits per heavy atom. The molecule has 0 fully saturated rings. The first-order chi connectivity index (χ1) is 15.4. The third-order valence-corrected chi connectivity index (χ3v) is 7.52. The number of rotatable bonds is 10. The first kappa shape index (κ1) is 24.1. The lowest BCUT2D eigenvalue weighted by Crippen LogP contribution is -2.31. The summed E-state index contributed by atoms with van der Waals surface area (Å²) in [6.07, 6.45) is 0. The topological polar surface area (TPSA) is 75.3 Å². The molecule has 9 heteroatoms. The summed E-state index contributed by atoms with van der Waals surface area (Å²) in [7, 11) is -4.00. The van der Waals surface area contributed by atoms with E-state index in [1.165, 1.54) is 30.3 Å². The van der Waals surface area contributed by atoms with Crippen LogP contribution in [0.25, 0.3) is 0 Å². The molecular weight excluding hydrogens is 471 g/mol. The van der Waals surface area contributed by atoms with E-state index in [1.54, 1.807) is 30.0 Å². The van der Waals surface area contributed by atoms with Crippen molar-refractivity contribution in [2.75, 3.05) is 24.2 Å². The van der Waals surface area contributed by atoms with Crippen LogP contribution < -0.4 is 10.6 Å². The van der Waals surface area contributed by atoms with E-state index in [1.807, 2.05) is 24.3 Å². The quantitative estimate of drug-likeness (QED) is 0.399. The van der Waals surface area contributed by atoms with Gasteiger partial charge in [0.2, 0.25) is 15.7 Å². The molecule has 1 amide bonds. The van der Waals surface area contributed by atoms with Crippen molar-refractivity contribution in [3.8, 4) is 0 Å². The maximum Gasteiger partial charge on any atom is 0.239 e. The molecule has 0 atom stereocenters. The number of benzene rings is 3. The molecule has 3 rings (SSSR count). The summed E-state index contributed by atoms with van der Waals surface area (Å²) >= 11 is 7.61. The van der Waals surface area contributed by atoms with Gasteiger partial charge in [0, 0.05) is 23.1 Å². The Kier molecular flexibility index (Phi) is 8.55. The van der Waals surface area contributed by atoms with Crippen molar-refractivity contribution in [2.45, 2.75) is 15.5 Å². The highest BCUT2D eigenvalue weighted by molar-refractivity contribution is 7.98. The van der Waals surface area contributed by atoms with Gasteiger partial charge in [0.1, 0.15) is 4.90 Å². The van der Waals surface area contributed by atoms with Crippen LogP contribution in [-0.4, -0.2) is 33.2 Å². The average Bonchev–Trinajstić information content (AvgIpc) is 2.78. The van der Waals surface area contributed by atoms with Gasteiger partial charge in [-0.3, -0.25) is 4.79 Å². The molecule has 5 nitrogen and oxygen atoms in total. The summed E-state index contributed by atoms with van der Waals surface area (Å²) in [6, 6.07) is 19.3. The highest BCUT2D eigenvalue weighted by Crippen LogP contribution is 2.27. The van der Waals surface area contributed by atoms with E-state index in [9.17, 15) is 17.6 Å². The Bertz CT molecular complexity index is 1170. The van der Waals surface area contributed by atoms with Gasteiger partial charge in [-0.1, -0.05) is 48.0 Å². The molecule has 32 heavy (non-hydrogen) atoms. The van der Waals surface area contributed by atoms with Crippen molar-refractivity contribution in [2.24, 2.45) is 0 Å². The van der Waals surface area contributed by atoms with E-state index >= 15 is 0 Å². The van der Waals surface area contributed by atoms with Crippen molar-refractivity contribution >= 4 is 44.8 Å². The molecule has 0 heterocycles. The van der Waals surface area contributed by atoms with E-state index in [0.29, 0.717) is 17.3 Å². The molecule has 0 unspecified atom stereocenters. The van der Waals surface area contributed by atoms with Gasteiger partial charge in [0.15, 0.2) is 5.82 Å². The van der Waals surface area contributed by atoms with Crippen LogP contribution in [0.5, 0.6) is 0 Å². The summed E-state index contributed by atoms with van der Waals surface area (Å²) in [5, 5.41) is 6.12. The van der Waals surface area contributed by atoms with Gasteiger partial charge < -0.3 is 10.6 Å². The number of carbonyl (C=O) groups is 1. The third kappa shape index (κ3) is 6.48. The lowest BCUT2D eigenvalue weighted by atomic mass is 10.2. The summed E-state index contributed by atoms with van der Waals surface area (Å²) in [4.78, 5) is 11.6. The molecule has 3 aromatic rings. The lowest BCUT2D eigenvalue weighted by molar-refractivity contribution is -0.119. The zero-order valence-corrected chi connectivity index (χ0v) is 19.4. The van der Waals surface area contributed by atoms with Gasteiger partial charge in [-0.2, -0.15) is 11.8 Å². The van der Waals surface area contributed by atoms with Crippen LogP contribution in [-0.2, 0) is 20.4 Å². The van der Waals surface area contributed by atoms with E-state index < -0.39 is 20.5 Å². The zero-order valence-electron chi connectivity index (χ0n) is 17.1. The average molecular weight is 493 g/mol. The molecule has 0 aliphatic rings. The molecule has 0 spiro atoms. The maximum absolute atomic E-state index is 14.9. The zero-order chi connectivity index (χ0) is 23.0. The Hall–Kier alpha value is -2.55. The summed E-state index contributed by atoms with van der Waals surface area (Å²) in [6.45, 7) is 0.279. The van der Waals surface area contributed by atoms with E-state index in [-0.39, 0.29) is 23.0 Å². The van der Waals surface area contributed by atoms with Crippen LogP contribution in [0.4, 0.5) is 10.1 Å². The summed E-state index contributed by atoms with van der Waals surface area (Å²) in [5.41, 5.74) is 1.06. The predicted octanol–water partition coefficient (Wildman–Crippen LogP) is 4.77. The minimum atomic E-state index is -4.00. The second kappa shape index (κ2) is 11.4. The normalized spacial score (nSPS) is 11.2. The highest BCUT2D eigenvalue weighted by atomic mass is 35.5. The molecule has 2 N–H and O–H groups in total. The van der Waals surface area contributed by atoms with Gasteiger partial charge in [0.25, 0.3) is 0 Å². The molecule has 3 aromatic carbocycles. The van der Waals surface area contributed by atoms with Gasteiger partial charge in [-0.15, -0.1) is 0 Å². The predicted molar refractivity (Wildman–Crippen MR) is 127 cm³/mol. The number of carbonyl (C=O) groups excluding carboxylic acids is 1. The van der Waals surface area contributed by atoms with E-state index in [2.05, 4.69) is 10.6 Å². The number of hydrogen-bond acceptors (Lipinski definition) is 5. The van der Waals surface area contributed by atoms with Crippen molar-refractivity contribution in [3.05, 3.63) is 89.2 Å². The first-order valence-corrected chi connectivity index (χ1v) is 12.8. The largest absolute Gasteiger partial charge is 0.374 e. The van der Waals surface area contributed by atoms with Crippen molar-refractivity contribution in [1.29, 1.82) is 0 Å². The molecule has 0 saturated carbocycles. The molecule has 0 aliphatic carbocycles. The number of anilines is 1. The van der Waals surface area contributed by atoms with Gasteiger partial charge in [-0.05, 0) is 42.0 Å². The first-order valence-electron chi connectivity index (χ1n) is 9.79. The molecule has 0 radical (unpaired) electrons. The Labute approximate surface area is 196 Å². The second-order valence-electron chi connectivity index (χ2n) is 6.82. The second-order valence-corrected chi connectivity index (χ2v) is 10.3. The molecule has 0 aliphatic heterocycles. The van der Waals surface area contributed by atoms with Crippen LogP contribution in [0.3, 0.4) is 0 Å². The SMILES string of the molecule is O=C(CNc1cccc(S(=O)(=O)c2ccccc2)c1F)NCCSCc1cccc(Cl)c1. The Morgan fingerprint density at radius 3 is 2.50 bits per heavy atom. The monoisotopic (exact) mass is 492 g/mol. The molecule has 168 valence electrons. The van der Waals surface area contributed by atoms with Gasteiger partial charge in [0.05, 0.1) is 17.1 Å². The molecule has 0 bridgehead atoms.